The molecule has 2 atom stereocenters. The molecule has 37 heavy (non-hydrogen) atoms. The van der Waals surface area contributed by atoms with Gasteiger partial charge in [-0.3, -0.25) is 9.59 Å². The van der Waals surface area contributed by atoms with Crippen molar-refractivity contribution in [1.82, 2.24) is 0 Å². The van der Waals surface area contributed by atoms with Crippen molar-refractivity contribution in [3.05, 3.63) is 86.9 Å². The van der Waals surface area contributed by atoms with E-state index >= 15 is 0 Å². The van der Waals surface area contributed by atoms with E-state index in [1.165, 1.54) is 42.5 Å². The lowest BCUT2D eigenvalue weighted by atomic mass is 10.1. The van der Waals surface area contributed by atoms with Gasteiger partial charge in [0.1, 0.15) is 4.33 Å². The van der Waals surface area contributed by atoms with Crippen LogP contribution >= 0.6 is 69.8 Å². The summed E-state index contributed by atoms with van der Waals surface area (Å²) in [6.45, 7) is 0. The Hall–Kier alpha value is -1.81. The molecule has 1 saturated carbocycles. The van der Waals surface area contributed by atoms with E-state index in [9.17, 15) is 22.8 Å². The van der Waals surface area contributed by atoms with Gasteiger partial charge < -0.3 is 10.6 Å². The fourth-order valence-corrected chi connectivity index (χ4v) is 5.87. The highest BCUT2D eigenvalue weighted by Crippen LogP contribution is 2.65. The van der Waals surface area contributed by atoms with Crippen LogP contribution in [0.3, 0.4) is 0 Å². The largest absolute Gasteiger partial charge is 0.446 e. The van der Waals surface area contributed by atoms with Crippen LogP contribution in [0.25, 0.3) is 0 Å². The summed E-state index contributed by atoms with van der Waals surface area (Å²) >= 11 is 30.8. The Morgan fingerprint density at radius 1 is 0.838 bits per heavy atom. The first-order valence-corrected chi connectivity index (χ1v) is 13.1. The maximum Gasteiger partial charge on any atom is 0.446 e. The lowest BCUT2D eigenvalue weighted by molar-refractivity contribution is -0.117. The average molecular weight is 629 g/mol. The fraction of sp³-hybridized carbons (Fsp3) is 0.167. The van der Waals surface area contributed by atoms with Gasteiger partial charge in [-0.25, -0.2) is 0 Å². The second-order valence-corrected chi connectivity index (χ2v) is 11.9. The maximum absolute atomic E-state index is 13.0. The summed E-state index contributed by atoms with van der Waals surface area (Å²) < 4.78 is 36.1. The highest BCUT2D eigenvalue weighted by Gasteiger charge is 2.67. The van der Waals surface area contributed by atoms with E-state index in [2.05, 4.69) is 10.6 Å². The third-order valence-corrected chi connectivity index (χ3v) is 7.85. The number of thioether (sulfide) groups is 1. The zero-order chi connectivity index (χ0) is 27.1. The van der Waals surface area contributed by atoms with Gasteiger partial charge in [0.2, 0.25) is 5.91 Å². The first-order valence-electron chi connectivity index (χ1n) is 10.4. The molecule has 0 spiro atoms. The number of hydrogen-bond donors (Lipinski definition) is 2. The Kier molecular flexibility index (Phi) is 8.19. The number of benzene rings is 3. The number of nitrogens with one attached hydrogen (secondary N) is 2. The summed E-state index contributed by atoms with van der Waals surface area (Å²) in [7, 11) is 0. The highest BCUT2D eigenvalue weighted by atomic mass is 35.5. The minimum atomic E-state index is -4.42. The van der Waals surface area contributed by atoms with Crippen LogP contribution in [0, 0.1) is 5.92 Å². The molecule has 4 nitrogen and oxygen atoms in total. The van der Waals surface area contributed by atoms with Crippen LogP contribution in [-0.4, -0.2) is 21.7 Å². The predicted octanol–water partition coefficient (Wildman–Crippen LogP) is 9.04. The molecule has 1 aliphatic carbocycles. The Balaban J connectivity index is 1.46. The van der Waals surface area contributed by atoms with Gasteiger partial charge in [0, 0.05) is 32.2 Å². The molecule has 13 heteroatoms. The Morgan fingerprint density at radius 3 is 2.03 bits per heavy atom. The van der Waals surface area contributed by atoms with Crippen LogP contribution in [0.15, 0.2) is 65.6 Å². The molecular formula is C24H14Cl5F3N2O2S. The zero-order valence-electron chi connectivity index (χ0n) is 18.2. The molecule has 0 radical (unpaired) electrons. The SMILES string of the molecule is O=C(Nc1ccc(SC(F)(F)F)cc1)c1cc(NC(=O)C2C(c3cc(Cl)cc(Cl)c3)C2(Cl)Cl)ccc1Cl. The van der Waals surface area contributed by atoms with E-state index in [1.807, 2.05) is 0 Å². The van der Waals surface area contributed by atoms with Crippen molar-refractivity contribution in [1.29, 1.82) is 0 Å². The van der Waals surface area contributed by atoms with Crippen LogP contribution in [0.2, 0.25) is 15.1 Å². The van der Waals surface area contributed by atoms with Crippen molar-refractivity contribution in [2.24, 2.45) is 5.92 Å². The van der Waals surface area contributed by atoms with Gasteiger partial charge in [-0.2, -0.15) is 13.2 Å². The molecule has 0 heterocycles. The lowest BCUT2D eigenvalue weighted by Gasteiger charge is -2.11. The lowest BCUT2D eigenvalue weighted by Crippen LogP contribution is -2.18. The summed E-state index contributed by atoms with van der Waals surface area (Å²) in [5, 5.41) is 6.09. The smallest absolute Gasteiger partial charge is 0.326 e. The average Bonchev–Trinajstić information content (AvgIpc) is 3.37. The van der Waals surface area contributed by atoms with Crippen LogP contribution in [-0.2, 0) is 4.79 Å². The molecule has 4 rings (SSSR count). The number of carbonyl (C=O) groups is 2. The first-order chi connectivity index (χ1) is 17.2. The summed E-state index contributed by atoms with van der Waals surface area (Å²) in [5.41, 5.74) is -3.26. The molecule has 194 valence electrons. The Morgan fingerprint density at radius 2 is 1.43 bits per heavy atom. The number of anilines is 2. The van der Waals surface area contributed by atoms with Crippen molar-refractivity contribution >= 4 is 93.0 Å². The second-order valence-electron chi connectivity index (χ2n) is 8.04. The number of alkyl halides is 5. The quantitative estimate of drug-likeness (QED) is 0.212. The molecule has 2 amide bonds. The van der Waals surface area contributed by atoms with Gasteiger partial charge in [0.25, 0.3) is 5.91 Å². The van der Waals surface area contributed by atoms with Gasteiger partial charge in [-0.05, 0) is 78.0 Å². The standard InChI is InChI=1S/C24H14Cl5F3N2O2S/c25-12-7-11(8-13(26)9-12)19-20(23(19,28)29)22(36)34-15-3-6-18(27)17(10-15)21(35)33-14-1-4-16(5-2-14)37-24(30,31)32/h1-10,19-20H,(H,33,35)(H,34,36). The molecule has 0 aromatic heterocycles. The van der Waals surface area contributed by atoms with E-state index in [-0.39, 0.29) is 38.6 Å². The molecule has 0 saturated heterocycles. The Bertz CT molecular complexity index is 1350. The minimum absolute atomic E-state index is 0.0266. The van der Waals surface area contributed by atoms with E-state index < -0.39 is 33.5 Å². The number of halogens is 8. The molecule has 1 fully saturated rings. The van der Waals surface area contributed by atoms with Crippen LogP contribution < -0.4 is 10.6 Å². The van der Waals surface area contributed by atoms with Gasteiger partial charge in [0.05, 0.1) is 16.5 Å². The van der Waals surface area contributed by atoms with E-state index in [1.54, 1.807) is 18.2 Å². The molecule has 0 bridgehead atoms. The molecule has 0 aliphatic heterocycles. The number of carbonyl (C=O) groups excluding carboxylic acids is 2. The summed E-state index contributed by atoms with van der Waals surface area (Å²) in [6.07, 6.45) is 0. The second kappa shape index (κ2) is 10.8. The minimum Gasteiger partial charge on any atom is -0.326 e. The molecule has 3 aromatic rings. The topological polar surface area (TPSA) is 58.2 Å². The van der Waals surface area contributed by atoms with Crippen LogP contribution in [0.4, 0.5) is 24.5 Å². The molecule has 2 N–H and O–H groups in total. The molecule has 2 unspecified atom stereocenters. The third-order valence-electron chi connectivity index (χ3n) is 5.40. The number of amides is 2. The number of hydrogen-bond acceptors (Lipinski definition) is 3. The molecule has 3 aromatic carbocycles. The van der Waals surface area contributed by atoms with Gasteiger partial charge in [0.15, 0.2) is 0 Å². The fourth-order valence-electron chi connectivity index (χ4n) is 3.76. The van der Waals surface area contributed by atoms with Crippen molar-refractivity contribution in [2.75, 3.05) is 10.6 Å². The van der Waals surface area contributed by atoms with Crippen LogP contribution in [0.5, 0.6) is 0 Å². The third kappa shape index (κ3) is 6.80. The van der Waals surface area contributed by atoms with E-state index in [0.29, 0.717) is 15.6 Å². The summed E-state index contributed by atoms with van der Waals surface area (Å²) in [5.74, 6) is -2.48. The normalized spacial score (nSPS) is 18.3. The monoisotopic (exact) mass is 626 g/mol. The van der Waals surface area contributed by atoms with Crippen molar-refractivity contribution in [3.63, 3.8) is 0 Å². The van der Waals surface area contributed by atoms with Crippen molar-refractivity contribution < 1.29 is 22.8 Å². The van der Waals surface area contributed by atoms with Gasteiger partial charge >= 0.3 is 5.51 Å². The highest BCUT2D eigenvalue weighted by molar-refractivity contribution is 8.00. The predicted molar refractivity (Wildman–Crippen MR) is 144 cm³/mol. The zero-order valence-corrected chi connectivity index (χ0v) is 22.8. The molecular weight excluding hydrogens is 615 g/mol. The first kappa shape index (κ1) is 28.2. The summed E-state index contributed by atoms with van der Waals surface area (Å²) in [4.78, 5) is 25.7. The van der Waals surface area contributed by atoms with E-state index in [0.717, 1.165) is 0 Å². The van der Waals surface area contributed by atoms with Gasteiger partial charge in [-0.1, -0.05) is 34.8 Å². The molecule has 1 aliphatic rings. The van der Waals surface area contributed by atoms with E-state index in [4.69, 9.17) is 58.0 Å². The number of rotatable bonds is 6. The maximum atomic E-state index is 13.0. The van der Waals surface area contributed by atoms with Gasteiger partial charge in [-0.15, -0.1) is 23.2 Å². The Labute approximate surface area is 238 Å². The van der Waals surface area contributed by atoms with Crippen molar-refractivity contribution in [3.8, 4) is 0 Å². The van der Waals surface area contributed by atoms with Crippen LogP contribution in [0.1, 0.15) is 21.8 Å². The summed E-state index contributed by atoms with van der Waals surface area (Å²) in [6, 6.07) is 14.2. The van der Waals surface area contributed by atoms with Crippen molar-refractivity contribution in [2.45, 2.75) is 20.7 Å².